The second kappa shape index (κ2) is 2.94. The summed E-state index contributed by atoms with van der Waals surface area (Å²) in [5.74, 6) is 0. The van der Waals surface area contributed by atoms with E-state index in [0.717, 1.165) is 0 Å². The first kappa shape index (κ1) is 7.78. The molecule has 0 saturated heterocycles. The molecule has 0 aromatic heterocycles. The lowest BCUT2D eigenvalue weighted by atomic mass is 9.85. The van der Waals surface area contributed by atoms with Gasteiger partial charge >= 0.3 is 6.98 Å². The Morgan fingerprint density at radius 1 is 1.12 bits per heavy atom. The molecule has 0 radical (unpaired) electrons. The highest BCUT2D eigenvalue weighted by atomic mass is 19.4. The maximum atomic E-state index is 11.1. The van der Waals surface area contributed by atoms with Gasteiger partial charge in [-0.3, -0.25) is 4.39 Å². The molecule has 0 saturated carbocycles. The lowest BCUT2D eigenvalue weighted by molar-refractivity contribution is 0.433. The Hall–Kier alpha value is -0.215. The quantitative estimate of drug-likeness (QED) is 0.404. The van der Waals surface area contributed by atoms with Gasteiger partial charge in [-0.05, 0) is 6.42 Å². The molecule has 0 heterocycles. The van der Waals surface area contributed by atoms with Gasteiger partial charge in [-0.25, -0.2) is 0 Å². The van der Waals surface area contributed by atoms with Crippen LogP contribution >= 0.6 is 0 Å². The Morgan fingerprint density at radius 2 is 1.62 bits per heavy atom. The van der Waals surface area contributed by atoms with Gasteiger partial charge in [0.15, 0.2) is 0 Å². The van der Waals surface area contributed by atoms with Gasteiger partial charge < -0.3 is 12.9 Å². The van der Waals surface area contributed by atoms with Crippen molar-refractivity contribution in [1.82, 2.24) is 0 Å². The van der Waals surface area contributed by atoms with Gasteiger partial charge in [0.25, 0.3) is 0 Å². The monoisotopic (exact) mass is 129 g/mol. The summed E-state index contributed by atoms with van der Waals surface area (Å²) < 4.78 is 44.4. The van der Waals surface area contributed by atoms with Crippen LogP contribution in [-0.2, 0) is 0 Å². The summed E-state index contributed by atoms with van der Waals surface area (Å²) in [6.45, 7) is -5.62. The first-order valence-electron chi connectivity index (χ1n) is 2.33. The predicted octanol–water partition coefficient (Wildman–Crippen LogP) is 2.19. The van der Waals surface area contributed by atoms with Crippen molar-refractivity contribution in [3.8, 4) is 0 Å². The van der Waals surface area contributed by atoms with Crippen molar-refractivity contribution in [2.45, 2.75) is 12.7 Å². The van der Waals surface area contributed by atoms with Crippen LogP contribution < -0.4 is 0 Å². The molecule has 0 amide bonds. The summed E-state index contributed by atoms with van der Waals surface area (Å²) in [6, 6.07) is 0. The fourth-order valence-electron chi connectivity index (χ4n) is 0.309. The number of halogens is 4. The smallest absolute Gasteiger partial charge is 0.449 e. The zero-order valence-electron chi connectivity index (χ0n) is 4.21. The van der Waals surface area contributed by atoms with Crippen molar-refractivity contribution in [3.05, 3.63) is 0 Å². The Labute approximate surface area is 44.9 Å². The van der Waals surface area contributed by atoms with Crippen LogP contribution in [0.15, 0.2) is 0 Å². The average Bonchev–Trinajstić information content (AvgIpc) is 1.59. The zero-order chi connectivity index (χ0) is 6.62. The van der Waals surface area contributed by atoms with Crippen LogP contribution in [0.4, 0.5) is 17.3 Å². The van der Waals surface area contributed by atoms with E-state index in [-0.39, 0.29) is 6.42 Å². The molecule has 0 N–H and O–H groups in total. The normalized spacial score (nSPS) is 12.0. The Morgan fingerprint density at radius 3 is 1.75 bits per heavy atom. The van der Waals surface area contributed by atoms with E-state index in [0.29, 0.717) is 0 Å². The van der Waals surface area contributed by atoms with Crippen molar-refractivity contribution < 1.29 is 17.3 Å². The number of hydrogen-bond donors (Lipinski definition) is 0. The molecule has 0 spiro atoms. The maximum Gasteiger partial charge on any atom is 0.478 e. The standard InChI is InChI=1S/C3H6BF4/c5-3-1-2-4(6,7)8/h1-3H2/q-1. The van der Waals surface area contributed by atoms with E-state index in [1.807, 2.05) is 0 Å². The van der Waals surface area contributed by atoms with Crippen LogP contribution in [0.25, 0.3) is 0 Å². The molecule has 0 atom stereocenters. The van der Waals surface area contributed by atoms with E-state index >= 15 is 0 Å². The highest BCUT2D eigenvalue weighted by Crippen LogP contribution is 2.16. The second-order valence-electron chi connectivity index (χ2n) is 1.54. The molecule has 0 aliphatic rings. The number of alkyl halides is 1. The third-order valence-electron chi connectivity index (χ3n) is 0.665. The molecule has 5 heteroatoms. The summed E-state index contributed by atoms with van der Waals surface area (Å²) in [4.78, 5) is 0. The van der Waals surface area contributed by atoms with Gasteiger partial charge in [0, 0.05) is 0 Å². The highest BCUT2D eigenvalue weighted by molar-refractivity contribution is 6.58. The van der Waals surface area contributed by atoms with Gasteiger partial charge in [-0.15, -0.1) is 0 Å². The van der Waals surface area contributed by atoms with Gasteiger partial charge in [0.2, 0.25) is 0 Å². The van der Waals surface area contributed by atoms with Crippen LogP contribution in [-0.4, -0.2) is 13.7 Å². The number of hydrogen-bond acceptors (Lipinski definition) is 0. The van der Waals surface area contributed by atoms with Crippen molar-refractivity contribution >= 4 is 6.98 Å². The minimum Gasteiger partial charge on any atom is -0.449 e. The first-order valence-corrected chi connectivity index (χ1v) is 2.33. The molecule has 0 fully saturated rings. The van der Waals surface area contributed by atoms with Crippen molar-refractivity contribution in [1.29, 1.82) is 0 Å². The molecule has 50 valence electrons. The van der Waals surface area contributed by atoms with E-state index in [9.17, 15) is 17.3 Å². The summed E-state index contributed by atoms with van der Waals surface area (Å²) in [7, 11) is 0. The van der Waals surface area contributed by atoms with Crippen molar-refractivity contribution in [3.63, 3.8) is 0 Å². The zero-order valence-corrected chi connectivity index (χ0v) is 4.21. The minimum absolute atomic E-state index is 0.385. The van der Waals surface area contributed by atoms with Gasteiger partial charge in [0.05, 0.1) is 6.67 Å². The molecule has 0 aliphatic carbocycles. The summed E-state index contributed by atoms with van der Waals surface area (Å²) in [5, 5.41) is 0. The predicted molar refractivity (Wildman–Crippen MR) is 24.5 cm³/mol. The summed E-state index contributed by atoms with van der Waals surface area (Å²) >= 11 is 0. The molecule has 0 bridgehead atoms. The van der Waals surface area contributed by atoms with Gasteiger partial charge in [-0.2, -0.15) is 0 Å². The first-order chi connectivity index (χ1) is 3.56. The number of rotatable bonds is 3. The second-order valence-corrected chi connectivity index (χ2v) is 1.54. The molecule has 0 nitrogen and oxygen atoms in total. The molecule has 0 aromatic carbocycles. The van der Waals surface area contributed by atoms with Crippen LogP contribution in [0, 0.1) is 0 Å². The Bertz CT molecular complexity index is 58.8. The van der Waals surface area contributed by atoms with Crippen LogP contribution in [0.3, 0.4) is 0 Å². The van der Waals surface area contributed by atoms with E-state index in [1.54, 1.807) is 0 Å². The lowest BCUT2D eigenvalue weighted by Gasteiger charge is -2.10. The molecule has 0 aliphatic heterocycles. The third-order valence-corrected chi connectivity index (χ3v) is 0.665. The van der Waals surface area contributed by atoms with Gasteiger partial charge in [0.1, 0.15) is 0 Å². The molecule has 0 unspecified atom stereocenters. The SMILES string of the molecule is FCCC[B-](F)(F)F. The third kappa shape index (κ3) is 5.78. The van der Waals surface area contributed by atoms with Crippen LogP contribution in [0.1, 0.15) is 6.42 Å². The molecular weight excluding hydrogens is 123 g/mol. The van der Waals surface area contributed by atoms with Gasteiger partial charge in [-0.1, -0.05) is 6.32 Å². The van der Waals surface area contributed by atoms with E-state index in [1.165, 1.54) is 0 Å². The average molecular weight is 129 g/mol. The summed E-state index contributed by atoms with van der Waals surface area (Å²) in [6.07, 6.45) is -1.33. The Balaban J connectivity index is 3.11. The van der Waals surface area contributed by atoms with Crippen molar-refractivity contribution in [2.75, 3.05) is 6.67 Å². The van der Waals surface area contributed by atoms with E-state index < -0.39 is 20.0 Å². The fourth-order valence-corrected chi connectivity index (χ4v) is 0.309. The van der Waals surface area contributed by atoms with Crippen LogP contribution in [0.5, 0.6) is 0 Å². The van der Waals surface area contributed by atoms with E-state index in [4.69, 9.17) is 0 Å². The summed E-state index contributed by atoms with van der Waals surface area (Å²) in [5.41, 5.74) is 0. The largest absolute Gasteiger partial charge is 0.478 e. The van der Waals surface area contributed by atoms with Crippen molar-refractivity contribution in [2.24, 2.45) is 0 Å². The Kier molecular flexibility index (Phi) is 2.86. The molecular formula is C3H6BF4-. The van der Waals surface area contributed by atoms with Crippen LogP contribution in [0.2, 0.25) is 6.32 Å². The molecule has 0 aromatic rings. The fraction of sp³-hybridized carbons (Fsp3) is 1.00. The maximum absolute atomic E-state index is 11.1. The molecule has 8 heavy (non-hydrogen) atoms. The van der Waals surface area contributed by atoms with E-state index in [2.05, 4.69) is 0 Å². The molecule has 0 rings (SSSR count). The lowest BCUT2D eigenvalue weighted by Crippen LogP contribution is -2.13. The highest BCUT2D eigenvalue weighted by Gasteiger charge is 2.21. The topological polar surface area (TPSA) is 0 Å². The minimum atomic E-state index is -4.74.